The molecule has 0 fully saturated rings. The molecule has 0 saturated heterocycles. The average Bonchev–Trinajstić information content (AvgIpc) is 3.22. The van der Waals surface area contributed by atoms with E-state index in [9.17, 15) is 14.7 Å². The number of hydrogen-bond acceptors (Lipinski definition) is 4. The number of aryl methyl sites for hydroxylation is 2. The summed E-state index contributed by atoms with van der Waals surface area (Å²) in [7, 11) is 3.05. The van der Waals surface area contributed by atoms with Crippen LogP contribution in [0.3, 0.4) is 0 Å². The van der Waals surface area contributed by atoms with Crippen LogP contribution in [-0.4, -0.2) is 34.8 Å². The van der Waals surface area contributed by atoms with Crippen LogP contribution < -0.4 is 11.2 Å². The number of aliphatic hydroxyl groups excluding tert-OH is 1. The van der Waals surface area contributed by atoms with E-state index in [0.29, 0.717) is 23.5 Å². The van der Waals surface area contributed by atoms with Crippen molar-refractivity contribution < 1.29 is 5.11 Å². The molecule has 0 radical (unpaired) electrons. The van der Waals surface area contributed by atoms with Gasteiger partial charge in [0.05, 0.1) is 12.3 Å². The molecule has 0 aliphatic rings. The number of nitrogens with zero attached hydrogens (tertiary/aromatic N) is 5. The van der Waals surface area contributed by atoms with Crippen LogP contribution >= 0.6 is 0 Å². The molecule has 0 unspecified atom stereocenters. The molecule has 140 valence electrons. The highest BCUT2D eigenvalue weighted by molar-refractivity contribution is 5.78. The van der Waals surface area contributed by atoms with Crippen molar-refractivity contribution in [1.29, 1.82) is 0 Å². The highest BCUT2D eigenvalue weighted by atomic mass is 16.3. The van der Waals surface area contributed by atoms with Gasteiger partial charge >= 0.3 is 5.69 Å². The van der Waals surface area contributed by atoms with Crippen LogP contribution in [0.15, 0.2) is 40.1 Å². The van der Waals surface area contributed by atoms with E-state index in [1.54, 1.807) is 11.4 Å². The summed E-state index contributed by atoms with van der Waals surface area (Å²) in [5.41, 5.74) is 2.92. The molecule has 3 aromatic heterocycles. The Morgan fingerprint density at radius 2 is 1.78 bits per heavy atom. The van der Waals surface area contributed by atoms with E-state index in [2.05, 4.69) is 24.0 Å². The Hall–Kier alpha value is -3.13. The molecule has 0 aliphatic carbocycles. The van der Waals surface area contributed by atoms with Crippen LogP contribution in [0.1, 0.15) is 12.5 Å². The van der Waals surface area contributed by atoms with Crippen molar-refractivity contribution in [2.45, 2.75) is 19.9 Å². The molecule has 0 amide bonds. The normalized spacial score (nSPS) is 11.7. The van der Waals surface area contributed by atoms with Crippen LogP contribution in [0.25, 0.3) is 28.2 Å². The Balaban J connectivity index is 2.08. The number of aliphatic hydroxyl groups is 1. The highest BCUT2D eigenvalue weighted by Gasteiger charge is 2.20. The second kappa shape index (κ2) is 6.24. The van der Waals surface area contributed by atoms with Gasteiger partial charge in [-0.15, -0.1) is 0 Å². The molecule has 27 heavy (non-hydrogen) atoms. The molecule has 8 heteroatoms. The highest BCUT2D eigenvalue weighted by Crippen LogP contribution is 2.25. The largest absolute Gasteiger partial charge is 0.395 e. The van der Waals surface area contributed by atoms with Gasteiger partial charge in [-0.05, 0) is 17.5 Å². The van der Waals surface area contributed by atoms with Gasteiger partial charge in [0, 0.05) is 26.8 Å². The number of aromatic nitrogens is 5. The lowest BCUT2D eigenvalue weighted by molar-refractivity contribution is 0.278. The van der Waals surface area contributed by atoms with Gasteiger partial charge in [0.2, 0.25) is 5.78 Å². The second-order valence-corrected chi connectivity index (χ2v) is 6.60. The van der Waals surface area contributed by atoms with Crippen molar-refractivity contribution >= 4 is 16.9 Å². The summed E-state index contributed by atoms with van der Waals surface area (Å²) >= 11 is 0. The fraction of sp³-hybridized carbons (Fsp3) is 0.316. The first-order valence-corrected chi connectivity index (χ1v) is 8.85. The van der Waals surface area contributed by atoms with Crippen molar-refractivity contribution in [2.75, 3.05) is 6.61 Å². The van der Waals surface area contributed by atoms with E-state index in [-0.39, 0.29) is 6.61 Å². The summed E-state index contributed by atoms with van der Waals surface area (Å²) in [5.74, 6) is 0.520. The van der Waals surface area contributed by atoms with E-state index < -0.39 is 11.2 Å². The zero-order chi connectivity index (χ0) is 19.3. The van der Waals surface area contributed by atoms with Crippen molar-refractivity contribution in [2.24, 2.45) is 14.1 Å². The molecule has 8 nitrogen and oxygen atoms in total. The molecule has 0 aliphatic heterocycles. The molecule has 1 N–H and O–H groups in total. The first-order valence-electron chi connectivity index (χ1n) is 8.85. The van der Waals surface area contributed by atoms with Gasteiger partial charge in [-0.2, -0.15) is 4.98 Å². The summed E-state index contributed by atoms with van der Waals surface area (Å²) < 4.78 is 6.01. The van der Waals surface area contributed by atoms with Gasteiger partial charge in [0.1, 0.15) is 0 Å². The minimum Gasteiger partial charge on any atom is -0.395 e. The topological polar surface area (TPSA) is 86.5 Å². The third-order valence-electron chi connectivity index (χ3n) is 5.04. The molecule has 0 atom stereocenters. The van der Waals surface area contributed by atoms with Gasteiger partial charge in [-0.3, -0.25) is 18.3 Å². The molecule has 0 saturated carbocycles. The van der Waals surface area contributed by atoms with Gasteiger partial charge < -0.3 is 9.67 Å². The van der Waals surface area contributed by atoms with Crippen LogP contribution in [0.5, 0.6) is 0 Å². The summed E-state index contributed by atoms with van der Waals surface area (Å²) in [5, 5.41) is 9.54. The third kappa shape index (κ3) is 2.44. The van der Waals surface area contributed by atoms with Gasteiger partial charge in [0.25, 0.3) is 5.56 Å². The monoisotopic (exact) mass is 367 g/mol. The zero-order valence-electron chi connectivity index (χ0n) is 15.5. The number of benzene rings is 1. The zero-order valence-corrected chi connectivity index (χ0v) is 15.5. The average molecular weight is 367 g/mol. The van der Waals surface area contributed by atoms with E-state index in [1.807, 2.05) is 22.9 Å². The quantitative estimate of drug-likeness (QED) is 0.581. The Morgan fingerprint density at radius 1 is 1.07 bits per heavy atom. The summed E-state index contributed by atoms with van der Waals surface area (Å²) in [6.07, 6.45) is 2.79. The maximum absolute atomic E-state index is 12.7. The predicted molar refractivity (Wildman–Crippen MR) is 103 cm³/mol. The van der Waals surface area contributed by atoms with Crippen molar-refractivity contribution in [3.8, 4) is 11.3 Å². The van der Waals surface area contributed by atoms with E-state index in [4.69, 9.17) is 0 Å². The first-order chi connectivity index (χ1) is 13.0. The van der Waals surface area contributed by atoms with E-state index in [1.165, 1.54) is 17.2 Å². The molecular weight excluding hydrogens is 346 g/mol. The van der Waals surface area contributed by atoms with Crippen LogP contribution in [0.4, 0.5) is 0 Å². The van der Waals surface area contributed by atoms with Crippen LogP contribution in [-0.2, 0) is 27.1 Å². The number of imidazole rings is 2. The van der Waals surface area contributed by atoms with Crippen LogP contribution in [0, 0.1) is 0 Å². The Kier molecular flexibility index (Phi) is 4.00. The van der Waals surface area contributed by atoms with Gasteiger partial charge in [-0.25, -0.2) is 4.79 Å². The van der Waals surface area contributed by atoms with Gasteiger partial charge in [-0.1, -0.05) is 31.2 Å². The molecule has 3 heterocycles. The number of fused-ring (bicyclic) bond motifs is 3. The SMILES string of the molecule is CCc1ccc(-c2cn3c4c(=O)n(C)c(=O)n(C)c4nc3n2CCO)cc1. The third-order valence-corrected chi connectivity index (χ3v) is 5.04. The van der Waals surface area contributed by atoms with E-state index in [0.717, 1.165) is 22.2 Å². The lowest BCUT2D eigenvalue weighted by Gasteiger charge is -2.08. The van der Waals surface area contributed by atoms with Crippen LogP contribution in [0.2, 0.25) is 0 Å². The fourth-order valence-corrected chi connectivity index (χ4v) is 3.48. The maximum Gasteiger partial charge on any atom is 0.332 e. The summed E-state index contributed by atoms with van der Waals surface area (Å²) in [6.45, 7) is 2.37. The second-order valence-electron chi connectivity index (χ2n) is 6.60. The fourth-order valence-electron chi connectivity index (χ4n) is 3.48. The minimum atomic E-state index is -0.419. The molecule has 4 aromatic rings. The number of rotatable bonds is 4. The lowest BCUT2D eigenvalue weighted by atomic mass is 10.1. The standard InChI is InChI=1S/C19H21N5O3/c1-4-12-5-7-13(8-6-12)14-11-24-15-16(20-18(24)23(14)9-10-25)21(2)19(27)22(3)17(15)26/h5-8,11,25H,4,9-10H2,1-3H3. The van der Waals surface area contributed by atoms with E-state index >= 15 is 0 Å². The smallest absolute Gasteiger partial charge is 0.332 e. The number of hydrogen-bond donors (Lipinski definition) is 1. The first kappa shape index (κ1) is 17.3. The van der Waals surface area contributed by atoms with Crippen molar-refractivity contribution in [1.82, 2.24) is 23.1 Å². The molecule has 0 bridgehead atoms. The Labute approximate surface area is 154 Å². The predicted octanol–water partition coefficient (Wildman–Crippen LogP) is 0.908. The maximum atomic E-state index is 12.7. The Bertz CT molecular complexity index is 1270. The summed E-state index contributed by atoms with van der Waals surface area (Å²) in [6, 6.07) is 8.18. The molecule has 1 aromatic carbocycles. The Morgan fingerprint density at radius 3 is 2.41 bits per heavy atom. The molecule has 4 rings (SSSR count). The molecular formula is C19H21N5O3. The lowest BCUT2D eigenvalue weighted by Crippen LogP contribution is -2.37. The van der Waals surface area contributed by atoms with Gasteiger partial charge in [0.15, 0.2) is 11.2 Å². The minimum absolute atomic E-state index is 0.0650. The summed E-state index contributed by atoms with van der Waals surface area (Å²) in [4.78, 5) is 29.4. The van der Waals surface area contributed by atoms with Crippen molar-refractivity contribution in [3.05, 3.63) is 56.9 Å². The van der Waals surface area contributed by atoms with Crippen molar-refractivity contribution in [3.63, 3.8) is 0 Å². The molecule has 0 spiro atoms.